The van der Waals surface area contributed by atoms with E-state index in [2.05, 4.69) is 4.98 Å². The molecule has 0 amide bonds. The molecule has 0 N–H and O–H groups in total. The van der Waals surface area contributed by atoms with Crippen LogP contribution in [0.1, 0.15) is 33.6 Å². The van der Waals surface area contributed by atoms with Gasteiger partial charge in [-0.05, 0) is 33.6 Å². The van der Waals surface area contributed by atoms with Crippen LogP contribution in [0.5, 0.6) is 0 Å². The van der Waals surface area contributed by atoms with E-state index in [9.17, 15) is 14.2 Å². The molecule has 0 unspecified atom stereocenters. The summed E-state index contributed by atoms with van der Waals surface area (Å²) in [5.41, 5.74) is 0.00532. The number of ether oxygens (including phenoxy) is 1. The second-order valence-corrected chi connectivity index (χ2v) is 8.65. The van der Waals surface area contributed by atoms with Crippen LogP contribution in [0.25, 0.3) is 11.2 Å². The lowest BCUT2D eigenvalue weighted by molar-refractivity contribution is 0.188. The van der Waals surface area contributed by atoms with E-state index in [1.165, 1.54) is 9.13 Å². The molecule has 0 saturated heterocycles. The maximum Gasteiger partial charge on any atom is 0.332 e. The number of rotatable bonds is 13. The molecule has 29 heavy (non-hydrogen) atoms. The van der Waals surface area contributed by atoms with E-state index in [4.69, 9.17) is 13.8 Å². The molecular formula is C18H31N4O6P. The molecule has 0 bridgehead atoms. The molecule has 0 aliphatic rings. The number of hydrogen-bond acceptors (Lipinski definition) is 7. The van der Waals surface area contributed by atoms with Gasteiger partial charge in [0.2, 0.25) is 0 Å². The zero-order valence-electron chi connectivity index (χ0n) is 17.6. The average molecular weight is 430 g/mol. The Labute approximate surface area is 169 Å². The van der Waals surface area contributed by atoms with E-state index in [1.54, 1.807) is 31.9 Å². The number of imidazole rings is 1. The van der Waals surface area contributed by atoms with Crippen molar-refractivity contribution in [1.29, 1.82) is 0 Å². The van der Waals surface area contributed by atoms with Gasteiger partial charge in [-0.2, -0.15) is 0 Å². The Hall–Kier alpha value is -1.74. The maximum atomic E-state index is 13.0. The highest BCUT2D eigenvalue weighted by Gasteiger charge is 2.23. The molecular weight excluding hydrogens is 399 g/mol. The standard InChI is InChI=1S/C18H31N4O6P/c1-5-21-16-15(20(14-19-16)11-12-26-4)17(23)22(18(21)24)10-8-9-13-29(25,27-6-2)28-7-3/h14H,5-13H2,1-4H3. The van der Waals surface area contributed by atoms with Gasteiger partial charge in [-0.3, -0.25) is 18.5 Å². The van der Waals surface area contributed by atoms with Gasteiger partial charge >= 0.3 is 13.3 Å². The number of aryl methyl sites for hydroxylation is 1. The first-order valence-electron chi connectivity index (χ1n) is 9.97. The van der Waals surface area contributed by atoms with E-state index in [1.807, 2.05) is 6.92 Å². The zero-order valence-corrected chi connectivity index (χ0v) is 18.5. The minimum absolute atomic E-state index is 0.224. The van der Waals surface area contributed by atoms with Crippen molar-refractivity contribution >= 4 is 18.8 Å². The number of fused-ring (bicyclic) bond motifs is 1. The Kier molecular flexibility index (Phi) is 8.82. The van der Waals surface area contributed by atoms with E-state index in [0.717, 1.165) is 0 Å². The van der Waals surface area contributed by atoms with Crippen molar-refractivity contribution in [2.24, 2.45) is 0 Å². The predicted molar refractivity (Wildman–Crippen MR) is 111 cm³/mol. The predicted octanol–water partition coefficient (Wildman–Crippen LogP) is 2.07. The van der Waals surface area contributed by atoms with Gasteiger partial charge in [0.05, 0.1) is 32.3 Å². The summed E-state index contributed by atoms with van der Waals surface area (Å²) in [5.74, 6) is 0. The highest BCUT2D eigenvalue weighted by atomic mass is 31.2. The van der Waals surface area contributed by atoms with Crippen LogP contribution in [0.15, 0.2) is 15.9 Å². The average Bonchev–Trinajstić information content (AvgIpc) is 3.10. The van der Waals surface area contributed by atoms with Crippen LogP contribution in [-0.4, -0.2) is 51.8 Å². The van der Waals surface area contributed by atoms with Gasteiger partial charge in [-0.1, -0.05) is 0 Å². The summed E-state index contributed by atoms with van der Waals surface area (Å²) in [5, 5.41) is 0. The number of methoxy groups -OCH3 is 1. The van der Waals surface area contributed by atoms with E-state index >= 15 is 0 Å². The highest BCUT2D eigenvalue weighted by molar-refractivity contribution is 7.53. The Balaban J connectivity index is 2.25. The Morgan fingerprint density at radius 3 is 2.31 bits per heavy atom. The van der Waals surface area contributed by atoms with Gasteiger partial charge in [0.25, 0.3) is 5.56 Å². The summed E-state index contributed by atoms with van der Waals surface area (Å²) >= 11 is 0. The summed E-state index contributed by atoms with van der Waals surface area (Å²) in [6.45, 7) is 7.50. The number of aromatic nitrogens is 4. The second kappa shape index (κ2) is 10.9. The van der Waals surface area contributed by atoms with E-state index in [-0.39, 0.29) is 24.0 Å². The second-order valence-electron chi connectivity index (χ2n) is 6.46. The van der Waals surface area contributed by atoms with Gasteiger partial charge in [-0.25, -0.2) is 9.78 Å². The van der Waals surface area contributed by atoms with Crippen molar-refractivity contribution in [2.75, 3.05) is 33.1 Å². The van der Waals surface area contributed by atoms with Crippen LogP contribution in [0.2, 0.25) is 0 Å². The van der Waals surface area contributed by atoms with Crippen molar-refractivity contribution in [2.45, 2.75) is 53.2 Å². The SMILES string of the molecule is CCOP(=O)(CCCCn1c(=O)c2c(ncn2CCOC)n(CC)c1=O)OCC. The largest absolute Gasteiger partial charge is 0.383 e. The van der Waals surface area contributed by atoms with Crippen LogP contribution < -0.4 is 11.2 Å². The smallest absolute Gasteiger partial charge is 0.332 e. The fourth-order valence-corrected chi connectivity index (χ4v) is 4.95. The summed E-state index contributed by atoms with van der Waals surface area (Å²) in [6, 6.07) is 0. The topological polar surface area (TPSA) is 107 Å². The molecule has 0 fully saturated rings. The molecule has 164 valence electrons. The number of unbranched alkanes of at least 4 members (excludes halogenated alkanes) is 1. The molecule has 11 heteroatoms. The first kappa shape index (κ1) is 23.5. The molecule has 2 aromatic rings. The fourth-order valence-electron chi connectivity index (χ4n) is 3.22. The lowest BCUT2D eigenvalue weighted by atomic mass is 10.3. The van der Waals surface area contributed by atoms with Crippen LogP contribution in [-0.2, 0) is 38.0 Å². The van der Waals surface area contributed by atoms with Crippen molar-refractivity contribution in [1.82, 2.24) is 18.7 Å². The van der Waals surface area contributed by atoms with Gasteiger partial charge in [0.1, 0.15) is 0 Å². The third kappa shape index (κ3) is 5.45. The summed E-state index contributed by atoms with van der Waals surface area (Å²) in [4.78, 5) is 30.1. The maximum absolute atomic E-state index is 13.0. The molecule has 0 aromatic carbocycles. The summed E-state index contributed by atoms with van der Waals surface area (Å²) in [7, 11) is -1.54. The molecule has 2 aromatic heterocycles. The van der Waals surface area contributed by atoms with Crippen LogP contribution in [0, 0.1) is 0 Å². The first-order valence-corrected chi connectivity index (χ1v) is 11.7. The van der Waals surface area contributed by atoms with Gasteiger partial charge in [-0.15, -0.1) is 0 Å². The van der Waals surface area contributed by atoms with Crippen molar-refractivity contribution in [3.8, 4) is 0 Å². The van der Waals surface area contributed by atoms with Crippen molar-refractivity contribution in [3.05, 3.63) is 27.2 Å². The first-order chi connectivity index (χ1) is 13.9. The van der Waals surface area contributed by atoms with E-state index < -0.39 is 7.60 Å². The zero-order chi connectivity index (χ0) is 21.4. The summed E-state index contributed by atoms with van der Waals surface area (Å²) < 4.78 is 32.6. The molecule has 0 aliphatic heterocycles. The highest BCUT2D eigenvalue weighted by Crippen LogP contribution is 2.48. The quantitative estimate of drug-likeness (QED) is 0.354. The van der Waals surface area contributed by atoms with Crippen LogP contribution in [0.4, 0.5) is 0 Å². The Bertz CT molecular complexity index is 954. The van der Waals surface area contributed by atoms with E-state index in [0.29, 0.717) is 56.9 Å². The lowest BCUT2D eigenvalue weighted by Gasteiger charge is -2.17. The van der Waals surface area contributed by atoms with Crippen molar-refractivity contribution in [3.63, 3.8) is 0 Å². The fraction of sp³-hybridized carbons (Fsp3) is 0.722. The lowest BCUT2D eigenvalue weighted by Crippen LogP contribution is -2.40. The normalized spacial score (nSPS) is 12.1. The molecule has 0 saturated carbocycles. The minimum atomic E-state index is -3.13. The molecule has 2 heterocycles. The monoisotopic (exact) mass is 430 g/mol. The van der Waals surface area contributed by atoms with Gasteiger partial charge < -0.3 is 18.4 Å². The molecule has 10 nitrogen and oxygen atoms in total. The third-order valence-electron chi connectivity index (χ3n) is 4.55. The molecule has 0 spiro atoms. The Morgan fingerprint density at radius 1 is 1.03 bits per heavy atom. The van der Waals surface area contributed by atoms with Crippen LogP contribution >= 0.6 is 7.60 Å². The van der Waals surface area contributed by atoms with Gasteiger partial charge in [0.15, 0.2) is 11.2 Å². The minimum Gasteiger partial charge on any atom is -0.383 e. The van der Waals surface area contributed by atoms with Gasteiger partial charge in [0, 0.05) is 26.7 Å². The molecule has 2 rings (SSSR count). The molecule has 0 aliphatic carbocycles. The Morgan fingerprint density at radius 2 is 1.72 bits per heavy atom. The van der Waals surface area contributed by atoms with Crippen LogP contribution in [0.3, 0.4) is 0 Å². The third-order valence-corrected chi connectivity index (χ3v) is 6.72. The molecule has 0 radical (unpaired) electrons. The number of hydrogen-bond donors (Lipinski definition) is 0. The summed E-state index contributed by atoms with van der Waals surface area (Å²) in [6.07, 6.45) is 2.82. The molecule has 0 atom stereocenters. The van der Waals surface area contributed by atoms with Crippen molar-refractivity contribution < 1.29 is 18.3 Å². The number of nitrogens with zero attached hydrogens (tertiary/aromatic N) is 4.